The zero-order chi connectivity index (χ0) is 28.1. The van der Waals surface area contributed by atoms with E-state index < -0.39 is 17.3 Å². The number of nitrogens with zero attached hydrogens (tertiary/aromatic N) is 1. The summed E-state index contributed by atoms with van der Waals surface area (Å²) < 4.78 is 10.8. The molecule has 0 saturated heterocycles. The summed E-state index contributed by atoms with van der Waals surface area (Å²) in [5.74, 6) is 1.11. The first kappa shape index (κ1) is 31.9. The van der Waals surface area contributed by atoms with Crippen LogP contribution >= 0.6 is 0 Å². The Balaban J connectivity index is 1.83. The molecule has 1 amide bonds. The van der Waals surface area contributed by atoms with Gasteiger partial charge in [-0.3, -0.25) is 4.79 Å². The SMILES string of the molecule is CCNC(=O)CCC/C=C\C[C@H]1CCC[C@@H]1/C=C/[C@H](CCc1ccccc1)OC(=O)OCCCCO[N+](=O)[O-]. The Hall–Kier alpha value is -3.36. The number of aryl methyl sites for hydroxylation is 1. The van der Waals surface area contributed by atoms with Crippen molar-refractivity contribution in [3.8, 4) is 0 Å². The molecule has 9 heteroatoms. The Morgan fingerprint density at radius 2 is 1.92 bits per heavy atom. The van der Waals surface area contributed by atoms with Gasteiger partial charge < -0.3 is 19.6 Å². The third-order valence-corrected chi connectivity index (χ3v) is 6.81. The molecule has 1 aromatic rings. The second-order valence-corrected chi connectivity index (χ2v) is 9.84. The van der Waals surface area contributed by atoms with Crippen LogP contribution in [0.25, 0.3) is 0 Å². The molecule has 0 heterocycles. The highest BCUT2D eigenvalue weighted by Gasteiger charge is 2.24. The lowest BCUT2D eigenvalue weighted by Crippen LogP contribution is -2.21. The standard InChI is InChI=1S/C30H44N2O7/c1-2-31-29(33)18-9-4-3-8-15-26-16-12-17-27(26)20-22-28(21-19-25-13-6-5-7-14-25)39-30(34)37-23-10-11-24-38-32(35)36/h3,5-8,13-14,20,22,26-28H,2,4,9-12,15-19,21,23-24H2,1H3,(H,31,33)/b8-3-,22-20+/t26-,27+,28-/m0/s1. The second-order valence-electron chi connectivity index (χ2n) is 9.84. The maximum absolute atomic E-state index is 12.3. The third kappa shape index (κ3) is 15.0. The highest BCUT2D eigenvalue weighted by molar-refractivity contribution is 5.75. The summed E-state index contributed by atoms with van der Waals surface area (Å²) in [4.78, 5) is 38.3. The van der Waals surface area contributed by atoms with Gasteiger partial charge in [0, 0.05) is 13.0 Å². The van der Waals surface area contributed by atoms with E-state index in [0.29, 0.717) is 44.1 Å². The van der Waals surface area contributed by atoms with E-state index >= 15 is 0 Å². The van der Waals surface area contributed by atoms with E-state index in [0.717, 1.165) is 32.1 Å². The Morgan fingerprint density at radius 1 is 1.13 bits per heavy atom. The van der Waals surface area contributed by atoms with E-state index in [9.17, 15) is 19.7 Å². The highest BCUT2D eigenvalue weighted by Crippen LogP contribution is 2.35. The second kappa shape index (κ2) is 19.7. The Morgan fingerprint density at radius 3 is 2.69 bits per heavy atom. The monoisotopic (exact) mass is 544 g/mol. The predicted molar refractivity (Wildman–Crippen MR) is 149 cm³/mol. The number of carbonyl (C=O) groups excluding carboxylic acids is 2. The first-order chi connectivity index (χ1) is 19.0. The fraction of sp³-hybridized carbons (Fsp3) is 0.600. The van der Waals surface area contributed by atoms with E-state index in [4.69, 9.17) is 9.47 Å². The van der Waals surface area contributed by atoms with Crippen LogP contribution < -0.4 is 5.32 Å². The van der Waals surface area contributed by atoms with Gasteiger partial charge in [-0.25, -0.2) is 4.79 Å². The maximum atomic E-state index is 12.3. The smallest absolute Gasteiger partial charge is 0.434 e. The van der Waals surface area contributed by atoms with Crippen LogP contribution in [0, 0.1) is 22.0 Å². The molecule has 0 aromatic heterocycles. The Bertz CT molecular complexity index is 904. The number of allylic oxidation sites excluding steroid dienone is 3. The van der Waals surface area contributed by atoms with Gasteiger partial charge in [-0.15, -0.1) is 10.1 Å². The summed E-state index contributed by atoms with van der Waals surface area (Å²) in [5.41, 5.74) is 1.18. The van der Waals surface area contributed by atoms with Crippen LogP contribution in [0.2, 0.25) is 0 Å². The van der Waals surface area contributed by atoms with E-state index in [1.807, 2.05) is 31.2 Å². The Kier molecular flexibility index (Phi) is 16.1. The molecule has 216 valence electrons. The van der Waals surface area contributed by atoms with E-state index in [2.05, 4.69) is 40.5 Å². The number of benzene rings is 1. The fourth-order valence-corrected chi connectivity index (χ4v) is 4.74. The third-order valence-electron chi connectivity index (χ3n) is 6.81. The summed E-state index contributed by atoms with van der Waals surface area (Å²) in [7, 11) is 0. The number of ether oxygens (including phenoxy) is 2. The number of rotatable bonds is 19. The van der Waals surface area contributed by atoms with Crippen LogP contribution in [0.5, 0.6) is 0 Å². The quantitative estimate of drug-likeness (QED) is 0.0708. The lowest BCUT2D eigenvalue weighted by atomic mass is 9.91. The molecule has 1 aliphatic rings. The summed E-state index contributed by atoms with van der Waals surface area (Å²) in [6, 6.07) is 10.1. The number of amides is 1. The van der Waals surface area contributed by atoms with Crippen molar-refractivity contribution in [1.29, 1.82) is 0 Å². The van der Waals surface area contributed by atoms with Gasteiger partial charge in [0.05, 0.1) is 13.2 Å². The summed E-state index contributed by atoms with van der Waals surface area (Å²) in [6.07, 6.45) is 16.6. The van der Waals surface area contributed by atoms with Crippen molar-refractivity contribution in [3.63, 3.8) is 0 Å². The largest absolute Gasteiger partial charge is 0.508 e. The maximum Gasteiger partial charge on any atom is 0.508 e. The molecular formula is C30H44N2O7. The molecule has 0 radical (unpaired) electrons. The highest BCUT2D eigenvalue weighted by atomic mass is 16.9. The molecule has 0 bridgehead atoms. The molecule has 9 nitrogen and oxygen atoms in total. The van der Waals surface area contributed by atoms with Crippen molar-refractivity contribution in [2.45, 2.75) is 83.7 Å². The van der Waals surface area contributed by atoms with Crippen molar-refractivity contribution in [3.05, 3.63) is 70.3 Å². The zero-order valence-electron chi connectivity index (χ0n) is 23.1. The first-order valence-corrected chi connectivity index (χ1v) is 14.2. The predicted octanol–water partition coefficient (Wildman–Crippen LogP) is 6.35. The average molecular weight is 545 g/mol. The van der Waals surface area contributed by atoms with Crippen LogP contribution in [0.4, 0.5) is 4.79 Å². The molecule has 2 rings (SSSR count). The lowest BCUT2D eigenvalue weighted by Gasteiger charge is -2.18. The molecule has 1 aromatic carbocycles. The van der Waals surface area contributed by atoms with E-state index in [-0.39, 0.29) is 19.1 Å². The first-order valence-electron chi connectivity index (χ1n) is 14.2. The summed E-state index contributed by atoms with van der Waals surface area (Å²) in [5, 5.41) is 12.2. The normalized spacial score (nSPS) is 17.8. The molecule has 1 saturated carbocycles. The van der Waals surface area contributed by atoms with Gasteiger partial charge in [-0.2, -0.15) is 0 Å². The molecule has 1 aliphatic carbocycles. The summed E-state index contributed by atoms with van der Waals surface area (Å²) >= 11 is 0. The van der Waals surface area contributed by atoms with Crippen molar-refractivity contribution < 1.29 is 29.0 Å². The lowest BCUT2D eigenvalue weighted by molar-refractivity contribution is -0.757. The minimum atomic E-state index is -0.833. The molecule has 0 unspecified atom stereocenters. The van der Waals surface area contributed by atoms with Gasteiger partial charge in [-0.1, -0.05) is 55.0 Å². The van der Waals surface area contributed by atoms with Crippen molar-refractivity contribution >= 4 is 12.1 Å². The minimum Gasteiger partial charge on any atom is -0.434 e. The molecule has 1 N–H and O–H groups in total. The van der Waals surface area contributed by atoms with E-state index in [1.54, 1.807) is 0 Å². The molecule has 0 spiro atoms. The van der Waals surface area contributed by atoms with Crippen LogP contribution in [0.3, 0.4) is 0 Å². The van der Waals surface area contributed by atoms with Crippen molar-refractivity contribution in [2.75, 3.05) is 19.8 Å². The van der Waals surface area contributed by atoms with Gasteiger partial charge in [0.2, 0.25) is 5.91 Å². The topological polar surface area (TPSA) is 117 Å². The Labute approximate surface area is 232 Å². The molecular weight excluding hydrogens is 500 g/mol. The number of hydrogen-bond donors (Lipinski definition) is 1. The van der Waals surface area contributed by atoms with Crippen LogP contribution in [0.15, 0.2) is 54.6 Å². The number of carbonyl (C=O) groups is 2. The summed E-state index contributed by atoms with van der Waals surface area (Å²) in [6.45, 7) is 2.70. The number of nitrogens with one attached hydrogen (secondary N) is 1. The molecule has 3 atom stereocenters. The van der Waals surface area contributed by atoms with Gasteiger partial charge in [0.15, 0.2) is 0 Å². The number of unbranched alkanes of at least 4 members (excludes halogenated alkanes) is 2. The van der Waals surface area contributed by atoms with Crippen molar-refractivity contribution in [1.82, 2.24) is 5.32 Å². The average Bonchev–Trinajstić information content (AvgIpc) is 3.37. The van der Waals surface area contributed by atoms with Gasteiger partial charge in [0.25, 0.3) is 5.09 Å². The zero-order valence-corrected chi connectivity index (χ0v) is 23.1. The van der Waals surface area contributed by atoms with Crippen LogP contribution in [0.1, 0.15) is 76.7 Å². The van der Waals surface area contributed by atoms with Gasteiger partial charge in [-0.05, 0) is 88.2 Å². The van der Waals surface area contributed by atoms with Crippen LogP contribution in [-0.2, 0) is 25.5 Å². The van der Waals surface area contributed by atoms with Crippen molar-refractivity contribution in [2.24, 2.45) is 11.8 Å². The number of hydrogen-bond acceptors (Lipinski definition) is 7. The van der Waals surface area contributed by atoms with E-state index in [1.165, 1.54) is 18.4 Å². The van der Waals surface area contributed by atoms with Crippen LogP contribution in [-0.4, -0.2) is 43.0 Å². The van der Waals surface area contributed by atoms with Gasteiger partial charge in [0.1, 0.15) is 6.10 Å². The molecule has 1 fully saturated rings. The minimum absolute atomic E-state index is 0.0261. The van der Waals surface area contributed by atoms with Gasteiger partial charge >= 0.3 is 6.16 Å². The molecule has 39 heavy (non-hydrogen) atoms. The molecule has 0 aliphatic heterocycles. The fourth-order valence-electron chi connectivity index (χ4n) is 4.74.